The molecule has 0 spiro atoms. The summed E-state index contributed by atoms with van der Waals surface area (Å²) in [4.78, 5) is 42.2. The molecule has 0 aliphatic carbocycles. The summed E-state index contributed by atoms with van der Waals surface area (Å²) in [5, 5.41) is 13.0. The minimum Gasteiger partial charge on any atom is -0.398 e. The Morgan fingerprint density at radius 2 is 1.91 bits per heavy atom. The summed E-state index contributed by atoms with van der Waals surface area (Å²) < 4.78 is 0. The van der Waals surface area contributed by atoms with E-state index in [2.05, 4.69) is 10.6 Å². The summed E-state index contributed by atoms with van der Waals surface area (Å²) in [7, 11) is 1.60. The topological polar surface area (TPSA) is 128 Å². The minimum atomic E-state index is -0.774. The lowest BCUT2D eigenvalue weighted by molar-refractivity contribution is -0.134. The van der Waals surface area contributed by atoms with Crippen LogP contribution in [0.1, 0.15) is 41.6 Å². The predicted molar refractivity (Wildman–Crippen MR) is 137 cm³/mol. The van der Waals surface area contributed by atoms with E-state index in [1.54, 1.807) is 30.1 Å². The number of anilines is 1. The van der Waals surface area contributed by atoms with Crippen LogP contribution in [0.5, 0.6) is 0 Å². The third-order valence-electron chi connectivity index (χ3n) is 6.02. The summed E-state index contributed by atoms with van der Waals surface area (Å²) >= 11 is 1.46. The lowest BCUT2D eigenvalue weighted by atomic mass is 10.0. The van der Waals surface area contributed by atoms with Crippen molar-refractivity contribution in [2.45, 2.75) is 25.4 Å². The number of amides is 3. The molecule has 9 heteroatoms. The van der Waals surface area contributed by atoms with E-state index >= 15 is 0 Å². The van der Waals surface area contributed by atoms with Crippen LogP contribution in [0, 0.1) is 5.41 Å². The Morgan fingerprint density at radius 3 is 2.63 bits per heavy atom. The van der Waals surface area contributed by atoms with Gasteiger partial charge in [-0.15, -0.1) is 11.3 Å². The summed E-state index contributed by atoms with van der Waals surface area (Å²) in [6, 6.07) is 15.3. The predicted octanol–water partition coefficient (Wildman–Crippen LogP) is 2.61. The van der Waals surface area contributed by atoms with E-state index in [-0.39, 0.29) is 11.8 Å². The summed E-state index contributed by atoms with van der Waals surface area (Å²) in [6.07, 6.45) is 2.10. The molecule has 0 radical (unpaired) electrons. The summed E-state index contributed by atoms with van der Waals surface area (Å²) in [6.45, 7) is 0.906. The number of nitrogens with zero attached hydrogens (tertiary/aromatic N) is 1. The molecule has 4 rings (SSSR count). The van der Waals surface area contributed by atoms with Gasteiger partial charge in [-0.1, -0.05) is 30.3 Å². The van der Waals surface area contributed by atoms with E-state index in [4.69, 9.17) is 11.1 Å². The molecular formula is C26H27N5O3S. The highest BCUT2D eigenvalue weighted by molar-refractivity contribution is 7.14. The van der Waals surface area contributed by atoms with Gasteiger partial charge in [0.15, 0.2) is 0 Å². The average molecular weight is 490 g/mol. The normalized spacial score (nSPS) is 13.5. The molecule has 1 aliphatic heterocycles. The van der Waals surface area contributed by atoms with Gasteiger partial charge in [0.05, 0.1) is 4.88 Å². The zero-order valence-corrected chi connectivity index (χ0v) is 20.2. The van der Waals surface area contributed by atoms with E-state index in [0.717, 1.165) is 22.2 Å². The van der Waals surface area contributed by atoms with Crippen LogP contribution in [0.4, 0.5) is 5.69 Å². The molecule has 35 heavy (non-hydrogen) atoms. The molecule has 180 valence electrons. The van der Waals surface area contributed by atoms with Gasteiger partial charge < -0.3 is 26.7 Å². The molecule has 1 aromatic heterocycles. The van der Waals surface area contributed by atoms with Gasteiger partial charge in [-0.2, -0.15) is 0 Å². The Bertz CT molecular complexity index is 1270. The van der Waals surface area contributed by atoms with Crippen LogP contribution in [0.15, 0.2) is 54.6 Å². The van der Waals surface area contributed by atoms with E-state index in [1.807, 2.05) is 36.4 Å². The number of nitrogen functional groups attached to an aromatic ring is 1. The molecular weight excluding hydrogens is 462 g/mol. The first-order valence-corrected chi connectivity index (χ1v) is 12.1. The van der Waals surface area contributed by atoms with Crippen LogP contribution < -0.4 is 16.4 Å². The largest absolute Gasteiger partial charge is 0.398 e. The first-order chi connectivity index (χ1) is 16.9. The van der Waals surface area contributed by atoms with Gasteiger partial charge in [0.2, 0.25) is 5.91 Å². The van der Waals surface area contributed by atoms with Crippen LogP contribution in [-0.4, -0.2) is 48.5 Å². The second-order valence-corrected chi connectivity index (χ2v) is 9.49. The average Bonchev–Trinajstić information content (AvgIpc) is 3.31. The standard InChI is InChI=1S/C26H27N5O3S/c1-29-25(33)23-13-19-15-31(10-9-22(19)35-23)26(34)21(11-16-5-3-2-4-6-16)30-24(32)17-7-8-20(28)18(12-17)14-27/h2-8,12-14,21,27H,9-11,15,28H2,1H3,(H,29,33)(H,30,32)/t21-/m1/s1. The maximum absolute atomic E-state index is 13.6. The first-order valence-electron chi connectivity index (χ1n) is 11.3. The monoisotopic (exact) mass is 489 g/mol. The molecule has 2 heterocycles. The fourth-order valence-electron chi connectivity index (χ4n) is 4.11. The first kappa shape index (κ1) is 24.2. The molecule has 3 aromatic rings. The number of hydrogen-bond donors (Lipinski definition) is 4. The third-order valence-corrected chi connectivity index (χ3v) is 7.26. The number of rotatable bonds is 7. The number of fused-ring (bicyclic) bond motifs is 1. The van der Waals surface area contributed by atoms with Crippen molar-refractivity contribution in [3.05, 3.63) is 86.6 Å². The van der Waals surface area contributed by atoms with Crippen LogP contribution in [0.25, 0.3) is 0 Å². The molecule has 8 nitrogen and oxygen atoms in total. The molecule has 0 saturated carbocycles. The minimum absolute atomic E-state index is 0.135. The Labute approximate surface area is 207 Å². The van der Waals surface area contributed by atoms with Gasteiger partial charge in [0, 0.05) is 54.5 Å². The van der Waals surface area contributed by atoms with Gasteiger partial charge in [-0.25, -0.2) is 0 Å². The zero-order valence-electron chi connectivity index (χ0n) is 19.3. The number of benzene rings is 2. The van der Waals surface area contributed by atoms with E-state index < -0.39 is 11.9 Å². The Hall–Kier alpha value is -3.98. The van der Waals surface area contributed by atoms with E-state index in [9.17, 15) is 14.4 Å². The highest BCUT2D eigenvalue weighted by Gasteiger charge is 2.30. The number of nitrogens with one attached hydrogen (secondary N) is 3. The Kier molecular flexibility index (Phi) is 7.26. The molecule has 3 amide bonds. The molecule has 0 unspecified atom stereocenters. The summed E-state index contributed by atoms with van der Waals surface area (Å²) in [5.41, 5.74) is 8.92. The van der Waals surface area contributed by atoms with Crippen molar-refractivity contribution < 1.29 is 14.4 Å². The van der Waals surface area contributed by atoms with Gasteiger partial charge >= 0.3 is 0 Å². The zero-order chi connectivity index (χ0) is 24.9. The Balaban J connectivity index is 1.56. The Morgan fingerprint density at radius 1 is 1.14 bits per heavy atom. The molecule has 0 fully saturated rings. The molecule has 1 atom stereocenters. The second-order valence-electron chi connectivity index (χ2n) is 8.35. The van der Waals surface area contributed by atoms with Crippen LogP contribution >= 0.6 is 11.3 Å². The number of hydrogen-bond acceptors (Lipinski definition) is 6. The van der Waals surface area contributed by atoms with E-state index in [0.29, 0.717) is 47.6 Å². The molecule has 0 bridgehead atoms. The lowest BCUT2D eigenvalue weighted by Crippen LogP contribution is -2.50. The number of carbonyl (C=O) groups is 3. The van der Waals surface area contributed by atoms with Crippen LogP contribution in [-0.2, 0) is 24.2 Å². The molecule has 5 N–H and O–H groups in total. The van der Waals surface area contributed by atoms with Gasteiger partial charge in [-0.05, 0) is 41.8 Å². The van der Waals surface area contributed by atoms with Crippen LogP contribution in [0.3, 0.4) is 0 Å². The maximum atomic E-state index is 13.6. The SMILES string of the molecule is CNC(=O)c1cc2c(s1)CCN(C(=O)[C@@H](Cc1ccccc1)NC(=O)c1ccc(N)c(C=N)c1)C2. The lowest BCUT2D eigenvalue weighted by Gasteiger charge is -2.31. The fraction of sp³-hybridized carbons (Fsp3) is 0.231. The van der Waals surface area contributed by atoms with Crippen LogP contribution in [0.2, 0.25) is 0 Å². The molecule has 2 aromatic carbocycles. The van der Waals surface area contributed by atoms with Gasteiger partial charge in [-0.3, -0.25) is 14.4 Å². The third kappa shape index (κ3) is 5.41. The number of thiophene rings is 1. The number of nitrogens with two attached hydrogens (primary N) is 1. The van der Waals surface area contributed by atoms with Crippen molar-refractivity contribution >= 4 is 41.0 Å². The van der Waals surface area contributed by atoms with Gasteiger partial charge in [0.1, 0.15) is 6.04 Å². The highest BCUT2D eigenvalue weighted by Crippen LogP contribution is 2.28. The van der Waals surface area contributed by atoms with Crippen molar-refractivity contribution in [1.29, 1.82) is 5.41 Å². The fourth-order valence-corrected chi connectivity index (χ4v) is 5.22. The molecule has 0 saturated heterocycles. The van der Waals surface area contributed by atoms with Crippen molar-refractivity contribution in [1.82, 2.24) is 15.5 Å². The van der Waals surface area contributed by atoms with Crippen molar-refractivity contribution in [3.8, 4) is 0 Å². The van der Waals surface area contributed by atoms with E-state index in [1.165, 1.54) is 11.3 Å². The quantitative estimate of drug-likeness (QED) is 0.300. The second kappa shape index (κ2) is 10.5. The highest BCUT2D eigenvalue weighted by atomic mass is 32.1. The van der Waals surface area contributed by atoms with Gasteiger partial charge in [0.25, 0.3) is 11.8 Å². The van der Waals surface area contributed by atoms with Crippen molar-refractivity contribution in [2.75, 3.05) is 19.3 Å². The summed E-state index contributed by atoms with van der Waals surface area (Å²) in [5.74, 6) is -0.718. The smallest absolute Gasteiger partial charge is 0.261 e. The molecule has 1 aliphatic rings. The van der Waals surface area contributed by atoms with Crippen molar-refractivity contribution in [2.24, 2.45) is 0 Å². The van der Waals surface area contributed by atoms with Crippen molar-refractivity contribution in [3.63, 3.8) is 0 Å². The maximum Gasteiger partial charge on any atom is 0.261 e. The number of carbonyl (C=O) groups excluding carboxylic acids is 3.